The summed E-state index contributed by atoms with van der Waals surface area (Å²) in [5, 5.41) is 3.42. The van der Waals surface area contributed by atoms with E-state index in [9.17, 15) is 4.79 Å². The third-order valence-electron chi connectivity index (χ3n) is 3.79. The average molecular weight is 353 g/mol. The lowest BCUT2D eigenvalue weighted by Crippen LogP contribution is -2.20. The summed E-state index contributed by atoms with van der Waals surface area (Å²) in [6.45, 7) is 1.99. The molecule has 3 N–H and O–H groups in total. The van der Waals surface area contributed by atoms with Gasteiger partial charge < -0.3 is 15.8 Å². The molecule has 6 heteroatoms. The molecule has 1 saturated heterocycles. The summed E-state index contributed by atoms with van der Waals surface area (Å²) < 4.78 is 5.16. The van der Waals surface area contributed by atoms with Crippen LogP contribution in [0.15, 0.2) is 58.4 Å². The number of anilines is 1. The molecule has 0 bridgehead atoms. The molecule has 2 aromatic carbocycles. The number of nitrogens with zero attached hydrogens (tertiary/aromatic N) is 1. The van der Waals surface area contributed by atoms with Crippen LogP contribution in [0.25, 0.3) is 6.08 Å². The number of aliphatic imine (C=N–C) groups is 1. The Morgan fingerprint density at radius 1 is 1.16 bits per heavy atom. The number of carbonyl (C=O) groups is 1. The zero-order chi connectivity index (χ0) is 17.8. The highest BCUT2D eigenvalue weighted by Crippen LogP contribution is 2.29. The van der Waals surface area contributed by atoms with Gasteiger partial charge in [-0.05, 0) is 60.2 Å². The summed E-state index contributed by atoms with van der Waals surface area (Å²) >= 11 is 1.34. The highest BCUT2D eigenvalue weighted by molar-refractivity contribution is 8.18. The molecule has 0 saturated carbocycles. The summed E-state index contributed by atoms with van der Waals surface area (Å²) in [5.41, 5.74) is 8.36. The van der Waals surface area contributed by atoms with Gasteiger partial charge in [-0.1, -0.05) is 24.3 Å². The van der Waals surface area contributed by atoms with Crippen LogP contribution in [0.1, 0.15) is 24.1 Å². The van der Waals surface area contributed by atoms with Crippen LogP contribution in [0.2, 0.25) is 0 Å². The van der Waals surface area contributed by atoms with Gasteiger partial charge in [0.2, 0.25) is 0 Å². The molecule has 0 unspecified atom stereocenters. The Morgan fingerprint density at radius 2 is 1.84 bits per heavy atom. The van der Waals surface area contributed by atoms with Crippen molar-refractivity contribution in [2.75, 3.05) is 12.8 Å². The number of thioether (sulfide) groups is 1. The van der Waals surface area contributed by atoms with Crippen molar-refractivity contribution in [3.63, 3.8) is 0 Å². The quantitative estimate of drug-likeness (QED) is 0.650. The molecular weight excluding hydrogens is 334 g/mol. The van der Waals surface area contributed by atoms with E-state index >= 15 is 0 Å². The van der Waals surface area contributed by atoms with Crippen molar-refractivity contribution in [2.45, 2.75) is 13.0 Å². The van der Waals surface area contributed by atoms with Gasteiger partial charge in [0.25, 0.3) is 5.91 Å². The number of hydrogen-bond donors (Lipinski definition) is 2. The number of amidine groups is 1. The zero-order valence-electron chi connectivity index (χ0n) is 14.0. The summed E-state index contributed by atoms with van der Waals surface area (Å²) in [5.74, 6) is 0.670. The van der Waals surface area contributed by atoms with Gasteiger partial charge in [0.15, 0.2) is 5.17 Å². The van der Waals surface area contributed by atoms with Crippen LogP contribution in [0.3, 0.4) is 0 Å². The molecule has 5 nitrogen and oxygen atoms in total. The Balaban J connectivity index is 1.74. The second kappa shape index (κ2) is 7.44. The number of rotatable bonds is 4. The largest absolute Gasteiger partial charge is 0.497 e. The predicted octanol–water partition coefficient (Wildman–Crippen LogP) is 3.60. The number of benzene rings is 2. The lowest BCUT2D eigenvalue weighted by molar-refractivity contribution is -0.115. The summed E-state index contributed by atoms with van der Waals surface area (Å²) in [4.78, 5) is 17.4. The van der Waals surface area contributed by atoms with Crippen molar-refractivity contribution in [3.05, 3.63) is 64.6 Å². The molecule has 3 rings (SSSR count). The standard InChI is InChI=1S/C19H19N3O2S/c1-12(14-5-9-16(24-2)10-6-14)21-19-22-18(23)17(25-19)11-13-3-7-15(20)8-4-13/h3-12H,20H2,1-2H3,(H,21,22,23)/b17-11-/t12-/m0/s1. The van der Waals surface area contributed by atoms with Crippen molar-refractivity contribution in [1.29, 1.82) is 0 Å². The number of nitrogen functional groups attached to an aromatic ring is 1. The van der Waals surface area contributed by atoms with Crippen molar-refractivity contribution in [2.24, 2.45) is 4.99 Å². The van der Waals surface area contributed by atoms with E-state index in [4.69, 9.17) is 10.5 Å². The molecule has 128 valence electrons. The molecule has 1 heterocycles. The average Bonchev–Trinajstić information content (AvgIpc) is 2.96. The van der Waals surface area contributed by atoms with Crippen LogP contribution in [-0.2, 0) is 4.79 Å². The number of nitrogens with two attached hydrogens (primary N) is 1. The van der Waals surface area contributed by atoms with Gasteiger partial charge in [-0.2, -0.15) is 0 Å². The number of ether oxygens (including phenoxy) is 1. The maximum atomic E-state index is 12.1. The van der Waals surface area contributed by atoms with Gasteiger partial charge in [-0.15, -0.1) is 0 Å². The van der Waals surface area contributed by atoms with E-state index in [2.05, 4.69) is 10.3 Å². The highest BCUT2D eigenvalue weighted by Gasteiger charge is 2.24. The minimum atomic E-state index is -0.137. The fourth-order valence-electron chi connectivity index (χ4n) is 2.36. The number of amides is 1. The van der Waals surface area contributed by atoms with E-state index in [0.717, 1.165) is 16.9 Å². The Morgan fingerprint density at radius 3 is 2.48 bits per heavy atom. The van der Waals surface area contributed by atoms with Crippen LogP contribution >= 0.6 is 11.8 Å². The lowest BCUT2D eigenvalue weighted by Gasteiger charge is -2.08. The van der Waals surface area contributed by atoms with Crippen LogP contribution in [-0.4, -0.2) is 18.2 Å². The molecule has 1 aliphatic rings. The van der Waals surface area contributed by atoms with Gasteiger partial charge in [0.1, 0.15) is 5.75 Å². The first kappa shape index (κ1) is 17.1. The first-order valence-corrected chi connectivity index (χ1v) is 8.65. The Kier molecular flexibility index (Phi) is 5.09. The second-order valence-electron chi connectivity index (χ2n) is 5.61. The maximum absolute atomic E-state index is 12.1. The first-order chi connectivity index (χ1) is 12.0. The molecule has 1 aliphatic heterocycles. The van der Waals surface area contributed by atoms with Crippen molar-refractivity contribution >= 4 is 34.6 Å². The van der Waals surface area contributed by atoms with E-state index in [0.29, 0.717) is 15.8 Å². The van der Waals surface area contributed by atoms with Gasteiger partial charge in [0, 0.05) is 5.69 Å². The van der Waals surface area contributed by atoms with E-state index in [1.807, 2.05) is 61.5 Å². The zero-order valence-corrected chi connectivity index (χ0v) is 14.8. The predicted molar refractivity (Wildman–Crippen MR) is 103 cm³/mol. The van der Waals surface area contributed by atoms with Crippen LogP contribution in [0.4, 0.5) is 5.69 Å². The Hall–Kier alpha value is -2.73. The molecule has 1 amide bonds. The van der Waals surface area contributed by atoms with Crippen molar-refractivity contribution in [3.8, 4) is 5.75 Å². The van der Waals surface area contributed by atoms with Gasteiger partial charge in [0.05, 0.1) is 18.1 Å². The van der Waals surface area contributed by atoms with E-state index in [1.165, 1.54) is 11.8 Å². The summed E-state index contributed by atoms with van der Waals surface area (Å²) in [7, 11) is 1.64. The minimum absolute atomic E-state index is 0.0652. The highest BCUT2D eigenvalue weighted by atomic mass is 32.2. The fraction of sp³-hybridized carbons (Fsp3) is 0.158. The molecule has 0 aliphatic carbocycles. The molecule has 0 aromatic heterocycles. The number of methoxy groups -OCH3 is 1. The SMILES string of the molecule is COc1ccc([C@H](C)N=C2NC(=O)/C(=C/c3ccc(N)cc3)S2)cc1. The van der Waals surface area contributed by atoms with Gasteiger partial charge in [-0.3, -0.25) is 9.79 Å². The Labute approximate surface area is 151 Å². The minimum Gasteiger partial charge on any atom is -0.497 e. The first-order valence-electron chi connectivity index (χ1n) is 7.83. The molecule has 0 radical (unpaired) electrons. The lowest BCUT2D eigenvalue weighted by atomic mass is 10.1. The van der Waals surface area contributed by atoms with Crippen molar-refractivity contribution < 1.29 is 9.53 Å². The van der Waals surface area contributed by atoms with E-state index in [1.54, 1.807) is 7.11 Å². The van der Waals surface area contributed by atoms with Gasteiger partial charge in [-0.25, -0.2) is 0 Å². The number of hydrogen-bond acceptors (Lipinski definition) is 5. The third kappa shape index (κ3) is 4.22. The normalized spacial score (nSPS) is 18.4. The third-order valence-corrected chi connectivity index (χ3v) is 4.72. The molecule has 0 spiro atoms. The summed E-state index contributed by atoms with van der Waals surface area (Å²) in [6, 6.07) is 15.1. The molecule has 1 atom stereocenters. The summed E-state index contributed by atoms with van der Waals surface area (Å²) in [6.07, 6.45) is 1.83. The van der Waals surface area contributed by atoms with Crippen LogP contribution in [0, 0.1) is 0 Å². The maximum Gasteiger partial charge on any atom is 0.264 e. The van der Waals surface area contributed by atoms with Crippen LogP contribution < -0.4 is 15.8 Å². The number of nitrogens with one attached hydrogen (secondary N) is 1. The molecular formula is C19H19N3O2S. The molecule has 1 fully saturated rings. The topological polar surface area (TPSA) is 76.7 Å². The second-order valence-corrected chi connectivity index (χ2v) is 6.65. The molecule has 2 aromatic rings. The number of carbonyl (C=O) groups excluding carboxylic acids is 1. The van der Waals surface area contributed by atoms with Gasteiger partial charge >= 0.3 is 0 Å². The van der Waals surface area contributed by atoms with Crippen molar-refractivity contribution in [1.82, 2.24) is 5.32 Å². The molecule has 25 heavy (non-hydrogen) atoms. The monoisotopic (exact) mass is 353 g/mol. The van der Waals surface area contributed by atoms with E-state index in [-0.39, 0.29) is 11.9 Å². The van der Waals surface area contributed by atoms with E-state index < -0.39 is 0 Å². The smallest absolute Gasteiger partial charge is 0.264 e. The Bertz CT molecular complexity index is 827. The van der Waals surface area contributed by atoms with Crippen LogP contribution in [0.5, 0.6) is 5.75 Å². The fourth-order valence-corrected chi connectivity index (χ4v) is 3.27.